The van der Waals surface area contributed by atoms with Crippen molar-refractivity contribution in [2.24, 2.45) is 0 Å². The van der Waals surface area contributed by atoms with Crippen molar-refractivity contribution in [3.8, 4) is 0 Å². The number of anilines is 1. The van der Waals surface area contributed by atoms with Crippen molar-refractivity contribution in [1.82, 2.24) is 9.97 Å². The summed E-state index contributed by atoms with van der Waals surface area (Å²) in [5, 5.41) is 8.87. The molecule has 16 heavy (non-hydrogen) atoms. The van der Waals surface area contributed by atoms with Gasteiger partial charge in [0.05, 0.1) is 19.1 Å². The molecule has 2 aromatic rings. The Morgan fingerprint density at radius 2 is 2.06 bits per heavy atom. The second-order valence-corrected chi connectivity index (χ2v) is 3.54. The fraction of sp³-hybridized carbons (Fsp3) is 0.273. The van der Waals surface area contributed by atoms with Crippen molar-refractivity contribution in [1.29, 1.82) is 0 Å². The summed E-state index contributed by atoms with van der Waals surface area (Å²) in [6.07, 6.45) is 6.57. The maximum absolute atomic E-state index is 8.87. The third kappa shape index (κ3) is 2.38. The zero-order valence-electron chi connectivity index (χ0n) is 9.00. The predicted octanol–water partition coefficient (Wildman–Crippen LogP) is 1.20. The predicted molar refractivity (Wildman–Crippen MR) is 58.8 cm³/mol. The SMILES string of the molecule is CN(Cc1ccoc1)c1ncc(CO)cn1. The largest absolute Gasteiger partial charge is 0.472 e. The van der Waals surface area contributed by atoms with Crippen molar-refractivity contribution >= 4 is 5.95 Å². The molecule has 0 saturated carbocycles. The molecule has 0 amide bonds. The summed E-state index contributed by atoms with van der Waals surface area (Å²) in [6.45, 7) is 0.653. The van der Waals surface area contributed by atoms with E-state index < -0.39 is 0 Å². The van der Waals surface area contributed by atoms with E-state index >= 15 is 0 Å². The van der Waals surface area contributed by atoms with Gasteiger partial charge in [0.1, 0.15) is 0 Å². The standard InChI is InChI=1S/C11H13N3O2/c1-14(6-9-2-3-16-8-9)11-12-4-10(7-15)5-13-11/h2-5,8,15H,6-7H2,1H3. The van der Waals surface area contributed by atoms with Crippen LogP contribution in [-0.4, -0.2) is 22.1 Å². The number of nitrogens with zero attached hydrogens (tertiary/aromatic N) is 3. The highest BCUT2D eigenvalue weighted by Gasteiger charge is 2.05. The maximum Gasteiger partial charge on any atom is 0.225 e. The minimum Gasteiger partial charge on any atom is -0.472 e. The first-order chi connectivity index (χ1) is 7.79. The lowest BCUT2D eigenvalue weighted by molar-refractivity contribution is 0.281. The van der Waals surface area contributed by atoms with Crippen LogP contribution in [0.5, 0.6) is 0 Å². The molecule has 0 atom stereocenters. The molecule has 0 bridgehead atoms. The zero-order valence-corrected chi connectivity index (χ0v) is 9.00. The van der Waals surface area contributed by atoms with Crippen LogP contribution in [0.1, 0.15) is 11.1 Å². The lowest BCUT2D eigenvalue weighted by Crippen LogP contribution is -2.18. The van der Waals surface area contributed by atoms with E-state index in [0.29, 0.717) is 18.1 Å². The molecule has 0 spiro atoms. The Bertz CT molecular complexity index is 425. The first kappa shape index (κ1) is 10.6. The number of furan rings is 1. The van der Waals surface area contributed by atoms with Crippen molar-refractivity contribution in [3.63, 3.8) is 0 Å². The zero-order chi connectivity index (χ0) is 11.4. The van der Waals surface area contributed by atoms with Crippen LogP contribution in [0.2, 0.25) is 0 Å². The molecule has 0 aliphatic carbocycles. The Kier molecular flexibility index (Phi) is 3.16. The van der Waals surface area contributed by atoms with Crippen molar-refractivity contribution < 1.29 is 9.52 Å². The molecule has 5 heteroatoms. The molecule has 5 nitrogen and oxygen atoms in total. The number of hydrogen-bond acceptors (Lipinski definition) is 5. The second-order valence-electron chi connectivity index (χ2n) is 3.54. The van der Waals surface area contributed by atoms with Gasteiger partial charge in [-0.25, -0.2) is 9.97 Å². The third-order valence-electron chi connectivity index (χ3n) is 2.22. The van der Waals surface area contributed by atoms with Gasteiger partial charge in [-0.2, -0.15) is 0 Å². The molecule has 0 aliphatic heterocycles. The molecule has 2 aromatic heterocycles. The molecule has 2 rings (SSSR count). The highest BCUT2D eigenvalue weighted by Crippen LogP contribution is 2.10. The van der Waals surface area contributed by atoms with Gasteiger partial charge in [-0.15, -0.1) is 0 Å². The fourth-order valence-electron chi connectivity index (χ4n) is 1.35. The monoisotopic (exact) mass is 219 g/mol. The Morgan fingerprint density at radius 3 is 2.62 bits per heavy atom. The summed E-state index contributed by atoms with van der Waals surface area (Å²) in [7, 11) is 1.90. The molecular formula is C11H13N3O2. The van der Waals surface area contributed by atoms with Crippen LogP contribution in [0.3, 0.4) is 0 Å². The molecule has 2 heterocycles. The van der Waals surface area contributed by atoms with Gasteiger partial charge >= 0.3 is 0 Å². The lowest BCUT2D eigenvalue weighted by atomic mass is 10.3. The molecule has 0 aromatic carbocycles. The van der Waals surface area contributed by atoms with Crippen molar-refractivity contribution in [2.45, 2.75) is 13.2 Å². The van der Waals surface area contributed by atoms with Crippen LogP contribution in [0.15, 0.2) is 35.4 Å². The van der Waals surface area contributed by atoms with Crippen LogP contribution >= 0.6 is 0 Å². The molecule has 0 aliphatic rings. The van der Waals surface area contributed by atoms with Gasteiger partial charge in [0.2, 0.25) is 5.95 Å². The van der Waals surface area contributed by atoms with Crippen LogP contribution in [-0.2, 0) is 13.2 Å². The lowest BCUT2D eigenvalue weighted by Gasteiger charge is -2.15. The maximum atomic E-state index is 8.87. The van der Waals surface area contributed by atoms with E-state index in [1.165, 1.54) is 0 Å². The van der Waals surface area contributed by atoms with Gasteiger partial charge in [-0.1, -0.05) is 0 Å². The first-order valence-corrected chi connectivity index (χ1v) is 4.93. The van der Waals surface area contributed by atoms with Crippen molar-refractivity contribution in [2.75, 3.05) is 11.9 Å². The van der Waals surface area contributed by atoms with E-state index in [9.17, 15) is 0 Å². The summed E-state index contributed by atoms with van der Waals surface area (Å²) in [4.78, 5) is 10.2. The second kappa shape index (κ2) is 4.76. The van der Waals surface area contributed by atoms with Gasteiger partial charge in [-0.3, -0.25) is 0 Å². The van der Waals surface area contributed by atoms with E-state index in [-0.39, 0.29) is 6.61 Å². The Hall–Kier alpha value is -1.88. The van der Waals surface area contributed by atoms with Gasteiger partial charge in [-0.05, 0) is 6.07 Å². The molecule has 0 unspecified atom stereocenters. The van der Waals surface area contributed by atoms with Gasteiger partial charge in [0.25, 0.3) is 0 Å². The average molecular weight is 219 g/mol. The summed E-state index contributed by atoms with van der Waals surface area (Å²) in [6, 6.07) is 1.90. The van der Waals surface area contributed by atoms with Crippen LogP contribution in [0.4, 0.5) is 5.95 Å². The first-order valence-electron chi connectivity index (χ1n) is 4.93. The van der Waals surface area contributed by atoms with Crippen LogP contribution in [0, 0.1) is 0 Å². The van der Waals surface area contributed by atoms with Gasteiger partial charge in [0.15, 0.2) is 0 Å². The molecule has 84 valence electrons. The van der Waals surface area contributed by atoms with Crippen molar-refractivity contribution in [3.05, 3.63) is 42.1 Å². The molecule has 0 fully saturated rings. The number of rotatable bonds is 4. The minimum atomic E-state index is -0.0360. The number of aliphatic hydroxyl groups is 1. The highest BCUT2D eigenvalue weighted by atomic mass is 16.3. The van der Waals surface area contributed by atoms with E-state index in [2.05, 4.69) is 9.97 Å². The fourth-order valence-corrected chi connectivity index (χ4v) is 1.35. The van der Waals surface area contributed by atoms with E-state index in [0.717, 1.165) is 5.56 Å². The molecule has 1 N–H and O–H groups in total. The number of aliphatic hydroxyl groups excluding tert-OH is 1. The number of hydrogen-bond donors (Lipinski definition) is 1. The van der Waals surface area contributed by atoms with Gasteiger partial charge in [0, 0.05) is 37.1 Å². The summed E-state index contributed by atoms with van der Waals surface area (Å²) < 4.78 is 4.99. The molecule has 0 saturated heterocycles. The van der Waals surface area contributed by atoms with Crippen LogP contribution < -0.4 is 4.90 Å². The smallest absolute Gasteiger partial charge is 0.225 e. The van der Waals surface area contributed by atoms with E-state index in [1.54, 1.807) is 24.9 Å². The molecule has 0 radical (unpaired) electrons. The van der Waals surface area contributed by atoms with Crippen LogP contribution in [0.25, 0.3) is 0 Å². The number of aromatic nitrogens is 2. The van der Waals surface area contributed by atoms with E-state index in [4.69, 9.17) is 9.52 Å². The normalized spacial score (nSPS) is 10.4. The summed E-state index contributed by atoms with van der Waals surface area (Å²) >= 11 is 0. The Balaban J connectivity index is 2.05. The average Bonchev–Trinajstić information content (AvgIpc) is 2.82. The summed E-state index contributed by atoms with van der Waals surface area (Å²) in [5.74, 6) is 0.624. The Morgan fingerprint density at radius 1 is 1.31 bits per heavy atom. The summed E-state index contributed by atoms with van der Waals surface area (Å²) in [5.41, 5.74) is 1.78. The third-order valence-corrected chi connectivity index (χ3v) is 2.22. The quantitative estimate of drug-likeness (QED) is 0.837. The molecular weight excluding hydrogens is 206 g/mol. The minimum absolute atomic E-state index is 0.0360. The topological polar surface area (TPSA) is 62.4 Å². The van der Waals surface area contributed by atoms with Gasteiger partial charge < -0.3 is 14.4 Å². The van der Waals surface area contributed by atoms with E-state index in [1.807, 2.05) is 18.0 Å². The Labute approximate surface area is 93.4 Å². The highest BCUT2D eigenvalue weighted by molar-refractivity contribution is 5.30.